The van der Waals surface area contributed by atoms with Gasteiger partial charge >= 0.3 is 0 Å². The molecule has 0 aliphatic rings. The van der Waals surface area contributed by atoms with Crippen LogP contribution < -0.4 is 5.73 Å². The number of nitrogens with two attached hydrogens (primary N) is 1. The summed E-state index contributed by atoms with van der Waals surface area (Å²) in [6.45, 7) is 12.7. The van der Waals surface area contributed by atoms with E-state index in [9.17, 15) is 0 Å². The molecule has 0 aromatic carbocycles. The quantitative estimate of drug-likeness (QED) is 0.594. The second-order valence-electron chi connectivity index (χ2n) is 2.18. The van der Waals surface area contributed by atoms with Crippen molar-refractivity contribution in [3.05, 3.63) is 13.2 Å². The van der Waals surface area contributed by atoms with E-state index in [4.69, 9.17) is 0 Å². The van der Waals surface area contributed by atoms with Crippen LogP contribution in [0, 0.1) is 5.92 Å². The van der Waals surface area contributed by atoms with Crippen molar-refractivity contribution in [3.8, 4) is 0 Å². The summed E-state index contributed by atoms with van der Waals surface area (Å²) in [5, 5.41) is 0. The van der Waals surface area contributed by atoms with Crippen LogP contribution in [-0.4, -0.2) is 7.05 Å². The van der Waals surface area contributed by atoms with Crippen molar-refractivity contribution in [2.45, 2.75) is 33.6 Å². The Morgan fingerprint density at radius 2 is 1.50 bits per heavy atom. The van der Waals surface area contributed by atoms with Crippen LogP contribution in [0.4, 0.5) is 0 Å². The molecule has 0 aliphatic carbocycles. The Hall–Kier alpha value is -0.300. The molecule has 0 bridgehead atoms. The SMILES string of the molecule is C=C.CCCC(C)C.CN. The van der Waals surface area contributed by atoms with E-state index in [1.807, 2.05) is 0 Å². The predicted octanol–water partition coefficient (Wildman–Crippen LogP) is 2.82. The van der Waals surface area contributed by atoms with E-state index in [2.05, 4.69) is 39.7 Å². The van der Waals surface area contributed by atoms with Gasteiger partial charge in [-0.15, -0.1) is 13.2 Å². The summed E-state index contributed by atoms with van der Waals surface area (Å²) >= 11 is 0. The van der Waals surface area contributed by atoms with Gasteiger partial charge in [0, 0.05) is 0 Å². The summed E-state index contributed by atoms with van der Waals surface area (Å²) in [6, 6.07) is 0. The maximum atomic E-state index is 4.50. The third-order valence-corrected chi connectivity index (χ3v) is 0.866. The smallest absolute Gasteiger partial charge is 0.0195 e. The van der Waals surface area contributed by atoms with Gasteiger partial charge in [0.1, 0.15) is 0 Å². The molecule has 0 unspecified atom stereocenters. The van der Waals surface area contributed by atoms with Crippen LogP contribution >= 0.6 is 0 Å². The zero-order chi connectivity index (χ0) is 8.99. The topological polar surface area (TPSA) is 26.0 Å². The molecule has 0 rings (SSSR count). The van der Waals surface area contributed by atoms with Gasteiger partial charge in [0.05, 0.1) is 0 Å². The van der Waals surface area contributed by atoms with Crippen molar-refractivity contribution in [2.75, 3.05) is 7.05 Å². The summed E-state index contributed by atoms with van der Waals surface area (Å²) < 4.78 is 0. The van der Waals surface area contributed by atoms with Gasteiger partial charge < -0.3 is 5.73 Å². The van der Waals surface area contributed by atoms with Crippen LogP contribution in [0.25, 0.3) is 0 Å². The molecule has 0 spiro atoms. The van der Waals surface area contributed by atoms with E-state index < -0.39 is 0 Å². The van der Waals surface area contributed by atoms with Crippen molar-refractivity contribution in [1.29, 1.82) is 0 Å². The highest BCUT2D eigenvalue weighted by molar-refractivity contribution is 4.38. The van der Waals surface area contributed by atoms with Gasteiger partial charge in [0.15, 0.2) is 0 Å². The third kappa shape index (κ3) is 47.4. The molecule has 0 saturated heterocycles. The minimum atomic E-state index is 0.898. The Kier molecular flexibility index (Phi) is 38.2. The largest absolute Gasteiger partial charge is 0.333 e. The molecule has 0 saturated carbocycles. The van der Waals surface area contributed by atoms with E-state index in [1.54, 1.807) is 0 Å². The second kappa shape index (κ2) is 23.4. The number of hydrogen-bond acceptors (Lipinski definition) is 1. The van der Waals surface area contributed by atoms with E-state index in [0.29, 0.717) is 0 Å². The van der Waals surface area contributed by atoms with Crippen LogP contribution in [0.5, 0.6) is 0 Å². The van der Waals surface area contributed by atoms with Gasteiger partial charge in [0.25, 0.3) is 0 Å². The van der Waals surface area contributed by atoms with Gasteiger partial charge in [-0.25, -0.2) is 0 Å². The lowest BCUT2D eigenvalue weighted by Gasteiger charge is -1.95. The molecule has 1 heteroatoms. The van der Waals surface area contributed by atoms with Crippen LogP contribution in [0.15, 0.2) is 13.2 Å². The molecule has 0 atom stereocenters. The van der Waals surface area contributed by atoms with Crippen molar-refractivity contribution in [2.24, 2.45) is 11.7 Å². The Bertz CT molecular complexity index is 33.7. The van der Waals surface area contributed by atoms with Crippen LogP contribution in [0.2, 0.25) is 0 Å². The second-order valence-corrected chi connectivity index (χ2v) is 2.18. The lowest BCUT2D eigenvalue weighted by molar-refractivity contribution is 0.576. The van der Waals surface area contributed by atoms with Gasteiger partial charge in [-0.05, 0) is 13.0 Å². The molecule has 0 aromatic heterocycles. The molecule has 0 aliphatic heterocycles. The Morgan fingerprint density at radius 1 is 1.20 bits per heavy atom. The molecule has 0 amide bonds. The van der Waals surface area contributed by atoms with Crippen molar-refractivity contribution in [3.63, 3.8) is 0 Å². The van der Waals surface area contributed by atoms with Crippen molar-refractivity contribution in [1.82, 2.24) is 0 Å². The van der Waals surface area contributed by atoms with Gasteiger partial charge in [-0.3, -0.25) is 0 Å². The van der Waals surface area contributed by atoms with E-state index >= 15 is 0 Å². The number of rotatable bonds is 2. The fraction of sp³-hybridized carbons (Fsp3) is 0.778. The molecule has 0 fully saturated rings. The normalized spacial score (nSPS) is 7.00. The standard InChI is InChI=1S/C6H14.C2H4.CH5N/c1-4-5-6(2)3;2*1-2/h6H,4-5H2,1-3H3;1-2H2;2H2,1H3. The molecule has 0 heterocycles. The maximum Gasteiger partial charge on any atom is -0.0195 e. The molecule has 10 heavy (non-hydrogen) atoms. The molecular weight excluding hydrogens is 122 g/mol. The fourth-order valence-corrected chi connectivity index (χ4v) is 0.577. The predicted molar refractivity (Wildman–Crippen MR) is 51.1 cm³/mol. The summed E-state index contributed by atoms with van der Waals surface area (Å²) in [6.07, 6.45) is 2.71. The fourth-order valence-electron chi connectivity index (χ4n) is 0.577. The molecular formula is C9H23N. The van der Waals surface area contributed by atoms with Gasteiger partial charge in [0.2, 0.25) is 0 Å². The molecule has 2 N–H and O–H groups in total. The monoisotopic (exact) mass is 145 g/mol. The van der Waals surface area contributed by atoms with E-state index in [-0.39, 0.29) is 0 Å². The summed E-state index contributed by atoms with van der Waals surface area (Å²) in [5.74, 6) is 0.898. The first-order chi connectivity index (χ1) is 4.77. The lowest BCUT2D eigenvalue weighted by atomic mass is 10.1. The lowest BCUT2D eigenvalue weighted by Crippen LogP contribution is -1.81. The Morgan fingerprint density at radius 3 is 1.50 bits per heavy atom. The summed E-state index contributed by atoms with van der Waals surface area (Å²) in [4.78, 5) is 0. The van der Waals surface area contributed by atoms with Crippen LogP contribution in [0.3, 0.4) is 0 Å². The summed E-state index contributed by atoms with van der Waals surface area (Å²) in [5.41, 5.74) is 4.50. The first kappa shape index (κ1) is 16.4. The highest BCUT2D eigenvalue weighted by atomic mass is 14.4. The molecule has 0 radical (unpaired) electrons. The molecule has 64 valence electrons. The highest BCUT2D eigenvalue weighted by Crippen LogP contribution is 2.00. The van der Waals surface area contributed by atoms with Crippen molar-refractivity contribution >= 4 is 0 Å². The minimum Gasteiger partial charge on any atom is -0.333 e. The first-order valence-electron chi connectivity index (χ1n) is 3.85. The third-order valence-electron chi connectivity index (χ3n) is 0.866. The van der Waals surface area contributed by atoms with Gasteiger partial charge in [-0.2, -0.15) is 0 Å². The van der Waals surface area contributed by atoms with Crippen LogP contribution in [-0.2, 0) is 0 Å². The highest BCUT2D eigenvalue weighted by Gasteiger charge is 1.85. The molecule has 1 nitrogen and oxygen atoms in total. The molecule has 0 aromatic rings. The average Bonchev–Trinajstić information content (AvgIpc) is 1.96. The first-order valence-corrected chi connectivity index (χ1v) is 3.85. The van der Waals surface area contributed by atoms with E-state index in [1.165, 1.54) is 19.9 Å². The van der Waals surface area contributed by atoms with Gasteiger partial charge in [-0.1, -0.05) is 33.6 Å². The minimum absolute atomic E-state index is 0.898. The zero-order valence-corrected chi connectivity index (χ0v) is 7.98. The Balaban J connectivity index is -0.000000105. The van der Waals surface area contributed by atoms with E-state index in [0.717, 1.165) is 5.92 Å². The van der Waals surface area contributed by atoms with Crippen LogP contribution in [0.1, 0.15) is 33.6 Å². The number of hydrogen-bond donors (Lipinski definition) is 1. The maximum absolute atomic E-state index is 4.50. The summed E-state index contributed by atoms with van der Waals surface area (Å²) in [7, 11) is 1.50. The van der Waals surface area contributed by atoms with Crippen molar-refractivity contribution < 1.29 is 0 Å². The zero-order valence-electron chi connectivity index (χ0n) is 7.98. The Labute approximate surface area is 66.3 Å². The average molecular weight is 145 g/mol.